The fourth-order valence-corrected chi connectivity index (χ4v) is 5.50. The van der Waals surface area contributed by atoms with E-state index in [1.165, 1.54) is 0 Å². The van der Waals surface area contributed by atoms with Crippen molar-refractivity contribution in [2.24, 2.45) is 0 Å². The summed E-state index contributed by atoms with van der Waals surface area (Å²) in [5, 5.41) is 3.36. The SMILES string of the molecule is C=CC(=O)OCCCCCCOc1ccc2cc(C(=O)Oc3ccc(OC(=O)c4ccc5cc(OC(=O)C=C)ccc5c4)cc3CCC)ccc2c1. The molecule has 5 aromatic rings. The van der Waals surface area contributed by atoms with E-state index in [0.29, 0.717) is 48.0 Å². The van der Waals surface area contributed by atoms with Crippen LogP contribution in [0.25, 0.3) is 21.5 Å². The van der Waals surface area contributed by atoms with Crippen LogP contribution >= 0.6 is 0 Å². The van der Waals surface area contributed by atoms with E-state index in [9.17, 15) is 19.2 Å². The van der Waals surface area contributed by atoms with Crippen molar-refractivity contribution in [1.29, 1.82) is 0 Å². The summed E-state index contributed by atoms with van der Waals surface area (Å²) in [4.78, 5) is 48.9. The molecule has 52 heavy (non-hydrogen) atoms. The van der Waals surface area contributed by atoms with Gasteiger partial charge in [0.2, 0.25) is 0 Å². The first-order valence-electron chi connectivity index (χ1n) is 17.2. The third-order valence-electron chi connectivity index (χ3n) is 8.16. The molecule has 0 spiro atoms. The Labute approximate surface area is 302 Å². The topological polar surface area (TPSA) is 114 Å². The highest BCUT2D eigenvalue weighted by Crippen LogP contribution is 2.29. The molecule has 266 valence electrons. The van der Waals surface area contributed by atoms with Crippen LogP contribution in [0.2, 0.25) is 0 Å². The summed E-state index contributed by atoms with van der Waals surface area (Å²) in [6.45, 7) is 9.76. The Morgan fingerprint density at radius 3 is 1.75 bits per heavy atom. The number of rotatable bonds is 17. The Morgan fingerprint density at radius 1 is 0.558 bits per heavy atom. The molecule has 9 nitrogen and oxygen atoms in total. The van der Waals surface area contributed by atoms with Gasteiger partial charge < -0.3 is 23.7 Å². The van der Waals surface area contributed by atoms with E-state index in [1.54, 1.807) is 66.7 Å². The maximum Gasteiger partial charge on any atom is 0.343 e. The number of carbonyl (C=O) groups excluding carboxylic acids is 4. The lowest BCUT2D eigenvalue weighted by molar-refractivity contribution is -0.137. The van der Waals surface area contributed by atoms with Gasteiger partial charge in [-0.25, -0.2) is 19.2 Å². The molecule has 0 fully saturated rings. The monoisotopic (exact) mass is 700 g/mol. The summed E-state index contributed by atoms with van der Waals surface area (Å²) in [5.74, 6) is -0.146. The molecule has 0 aliphatic rings. The van der Waals surface area contributed by atoms with Crippen LogP contribution in [0.4, 0.5) is 0 Å². The van der Waals surface area contributed by atoms with Crippen LogP contribution in [0, 0.1) is 0 Å². The quantitative estimate of drug-likeness (QED) is 0.0405. The number of hydrogen-bond donors (Lipinski definition) is 0. The van der Waals surface area contributed by atoms with Gasteiger partial charge in [-0.15, -0.1) is 0 Å². The van der Waals surface area contributed by atoms with Crippen LogP contribution < -0.4 is 18.9 Å². The van der Waals surface area contributed by atoms with Crippen molar-refractivity contribution in [1.82, 2.24) is 0 Å². The summed E-state index contributed by atoms with van der Waals surface area (Å²) in [5.41, 5.74) is 1.49. The molecule has 0 radical (unpaired) electrons. The highest BCUT2D eigenvalue weighted by molar-refractivity contribution is 5.98. The van der Waals surface area contributed by atoms with Crippen molar-refractivity contribution in [3.8, 4) is 23.0 Å². The highest BCUT2D eigenvalue weighted by Gasteiger charge is 2.16. The molecule has 5 rings (SSSR count). The summed E-state index contributed by atoms with van der Waals surface area (Å²) in [6, 6.07) is 26.3. The van der Waals surface area contributed by atoms with Gasteiger partial charge in [0.25, 0.3) is 0 Å². The first-order chi connectivity index (χ1) is 25.3. The van der Waals surface area contributed by atoms with Gasteiger partial charge in [0, 0.05) is 12.2 Å². The van der Waals surface area contributed by atoms with Crippen LogP contribution in [0.1, 0.15) is 65.3 Å². The number of aryl methyl sites for hydroxylation is 1. The zero-order valence-electron chi connectivity index (χ0n) is 29.1. The molecule has 0 aromatic heterocycles. The second-order valence-corrected chi connectivity index (χ2v) is 12.0. The minimum absolute atomic E-state index is 0.329. The third-order valence-corrected chi connectivity index (χ3v) is 8.16. The van der Waals surface area contributed by atoms with Gasteiger partial charge in [-0.2, -0.15) is 0 Å². The van der Waals surface area contributed by atoms with Gasteiger partial charge in [0.15, 0.2) is 0 Å². The largest absolute Gasteiger partial charge is 0.494 e. The lowest BCUT2D eigenvalue weighted by Gasteiger charge is -2.13. The second-order valence-electron chi connectivity index (χ2n) is 12.0. The molecule has 0 unspecified atom stereocenters. The van der Waals surface area contributed by atoms with Crippen molar-refractivity contribution >= 4 is 45.4 Å². The fraction of sp³-hybridized carbons (Fsp3) is 0.209. The number of esters is 4. The molecular formula is C43H40O9. The number of benzene rings is 5. The van der Waals surface area contributed by atoms with Crippen molar-refractivity contribution in [2.45, 2.75) is 45.4 Å². The third kappa shape index (κ3) is 10.2. The molecular weight excluding hydrogens is 660 g/mol. The minimum Gasteiger partial charge on any atom is -0.494 e. The van der Waals surface area contributed by atoms with E-state index in [-0.39, 0.29) is 0 Å². The van der Waals surface area contributed by atoms with E-state index in [0.717, 1.165) is 77.1 Å². The van der Waals surface area contributed by atoms with Crippen LogP contribution in [0.3, 0.4) is 0 Å². The average Bonchev–Trinajstić information content (AvgIpc) is 3.16. The van der Waals surface area contributed by atoms with Gasteiger partial charge in [0.1, 0.15) is 23.0 Å². The summed E-state index contributed by atoms with van der Waals surface area (Å²) in [6.07, 6.45) is 7.23. The van der Waals surface area contributed by atoms with E-state index >= 15 is 0 Å². The molecule has 0 aliphatic carbocycles. The molecule has 5 aromatic carbocycles. The van der Waals surface area contributed by atoms with E-state index in [2.05, 4.69) is 13.2 Å². The van der Waals surface area contributed by atoms with E-state index < -0.39 is 23.9 Å². The standard InChI is InChI=1S/C43H40O9/c1-4-11-33-28-38(51-42(46)34-14-13-32-27-37(50-41(45)6-3)19-17-30(32)24-34)20-21-39(33)52-43(47)35-15-12-31-26-36(18-16-29(31)25-35)48-22-9-7-8-10-23-49-40(44)5-2/h5-6,12-21,24-28H,2-4,7-11,22-23H2,1H3. The van der Waals surface area contributed by atoms with Crippen LogP contribution in [-0.2, 0) is 20.7 Å². The molecule has 0 aliphatic heterocycles. The van der Waals surface area contributed by atoms with Crippen LogP contribution in [0.15, 0.2) is 116 Å². The van der Waals surface area contributed by atoms with Gasteiger partial charge in [0.05, 0.1) is 24.3 Å². The van der Waals surface area contributed by atoms with Crippen molar-refractivity contribution in [3.05, 3.63) is 133 Å². The predicted octanol–water partition coefficient (Wildman–Crippen LogP) is 9.14. The number of unbranched alkanes of at least 4 members (excludes halogenated alkanes) is 3. The molecule has 0 amide bonds. The van der Waals surface area contributed by atoms with Crippen molar-refractivity contribution in [2.75, 3.05) is 13.2 Å². The zero-order valence-corrected chi connectivity index (χ0v) is 29.1. The zero-order chi connectivity index (χ0) is 36.9. The van der Waals surface area contributed by atoms with Crippen molar-refractivity contribution in [3.63, 3.8) is 0 Å². The predicted molar refractivity (Wildman–Crippen MR) is 199 cm³/mol. The first-order valence-corrected chi connectivity index (χ1v) is 17.2. The van der Waals surface area contributed by atoms with Gasteiger partial charge >= 0.3 is 23.9 Å². The highest BCUT2D eigenvalue weighted by atomic mass is 16.5. The van der Waals surface area contributed by atoms with Crippen molar-refractivity contribution < 1.29 is 42.9 Å². The Bertz CT molecular complexity index is 2110. The average molecular weight is 701 g/mol. The molecule has 0 saturated heterocycles. The number of carbonyl (C=O) groups is 4. The Morgan fingerprint density at radius 2 is 1.10 bits per heavy atom. The fourth-order valence-electron chi connectivity index (χ4n) is 5.50. The van der Waals surface area contributed by atoms with Gasteiger partial charge in [-0.3, -0.25) is 0 Å². The second kappa shape index (κ2) is 18.1. The molecule has 0 N–H and O–H groups in total. The van der Waals surface area contributed by atoms with Gasteiger partial charge in [-0.05, 0) is 126 Å². The summed E-state index contributed by atoms with van der Waals surface area (Å²) < 4.78 is 27.6. The van der Waals surface area contributed by atoms with E-state index in [1.807, 2.05) is 31.2 Å². The summed E-state index contributed by atoms with van der Waals surface area (Å²) >= 11 is 0. The normalized spacial score (nSPS) is 10.7. The smallest absolute Gasteiger partial charge is 0.343 e. The Kier molecular flexibility index (Phi) is 12.9. The summed E-state index contributed by atoms with van der Waals surface area (Å²) in [7, 11) is 0. The molecule has 9 heteroatoms. The van der Waals surface area contributed by atoms with Crippen LogP contribution in [0.5, 0.6) is 23.0 Å². The number of hydrogen-bond acceptors (Lipinski definition) is 9. The Balaban J connectivity index is 1.17. The van der Waals surface area contributed by atoms with E-state index in [4.69, 9.17) is 23.7 Å². The molecule has 0 atom stereocenters. The molecule has 0 saturated carbocycles. The van der Waals surface area contributed by atoms with Crippen LogP contribution in [-0.4, -0.2) is 37.1 Å². The maximum absolute atomic E-state index is 13.3. The Hall–Kier alpha value is -6.22. The molecule has 0 heterocycles. The number of fused-ring (bicyclic) bond motifs is 2. The molecule has 0 bridgehead atoms. The van der Waals surface area contributed by atoms with Gasteiger partial charge in [-0.1, -0.05) is 50.8 Å². The maximum atomic E-state index is 13.3. The lowest BCUT2D eigenvalue weighted by atomic mass is 10.1. The lowest BCUT2D eigenvalue weighted by Crippen LogP contribution is -2.11. The minimum atomic E-state index is -0.555. The first kappa shape index (κ1) is 37.0. The number of ether oxygens (including phenoxy) is 5.